The number of rotatable bonds is 9. The molecule has 0 fully saturated rings. The van der Waals surface area contributed by atoms with E-state index in [4.69, 9.17) is 0 Å². The number of carbonyl (C=O) groups excluding carboxylic acids is 2. The van der Waals surface area contributed by atoms with Gasteiger partial charge in [-0.15, -0.1) is 0 Å². The second-order valence-electron chi connectivity index (χ2n) is 7.90. The van der Waals surface area contributed by atoms with Crippen LogP contribution in [0.25, 0.3) is 0 Å². The molecule has 3 aromatic carbocycles. The van der Waals surface area contributed by atoms with E-state index in [9.17, 15) is 9.59 Å². The number of amides is 2. The van der Waals surface area contributed by atoms with Crippen LogP contribution in [-0.2, 0) is 16.0 Å². The quantitative estimate of drug-likeness (QED) is 0.530. The molecule has 0 bridgehead atoms. The third-order valence-electron chi connectivity index (χ3n) is 5.48. The molecule has 3 rings (SSSR count). The van der Waals surface area contributed by atoms with Gasteiger partial charge in [-0.1, -0.05) is 85.8 Å². The molecule has 3 aromatic rings. The summed E-state index contributed by atoms with van der Waals surface area (Å²) in [7, 11) is 1.66. The van der Waals surface area contributed by atoms with Gasteiger partial charge in [0.15, 0.2) is 0 Å². The van der Waals surface area contributed by atoms with Crippen molar-refractivity contribution in [2.75, 3.05) is 18.9 Å². The van der Waals surface area contributed by atoms with E-state index in [0.29, 0.717) is 0 Å². The molecule has 0 saturated carbocycles. The van der Waals surface area contributed by atoms with E-state index in [-0.39, 0.29) is 24.4 Å². The van der Waals surface area contributed by atoms with Gasteiger partial charge in [-0.25, -0.2) is 0 Å². The smallest absolute Gasteiger partial charge is 0.243 e. The lowest BCUT2D eigenvalue weighted by Crippen LogP contribution is -2.46. The lowest BCUT2D eigenvalue weighted by molar-refractivity contribution is -0.134. The molecule has 0 aliphatic rings. The number of carbonyl (C=O) groups is 2. The largest absolute Gasteiger partial charge is 0.335 e. The van der Waals surface area contributed by atoms with Crippen LogP contribution in [0.3, 0.4) is 0 Å². The van der Waals surface area contributed by atoms with Gasteiger partial charge >= 0.3 is 0 Å². The van der Waals surface area contributed by atoms with Gasteiger partial charge in [0, 0.05) is 12.7 Å². The molecule has 5 heteroatoms. The molecule has 0 saturated heterocycles. The highest BCUT2D eigenvalue weighted by Crippen LogP contribution is 2.22. The second-order valence-corrected chi connectivity index (χ2v) is 7.90. The van der Waals surface area contributed by atoms with Gasteiger partial charge in [0.2, 0.25) is 11.8 Å². The molecule has 0 aliphatic heterocycles. The minimum atomic E-state index is -0.471. The van der Waals surface area contributed by atoms with Crippen LogP contribution in [0.4, 0.5) is 5.69 Å². The fourth-order valence-corrected chi connectivity index (χ4v) is 3.76. The molecule has 0 aromatic heterocycles. The average Bonchev–Trinajstić information content (AvgIpc) is 2.83. The second kappa shape index (κ2) is 11.3. The van der Waals surface area contributed by atoms with Gasteiger partial charge in [-0.2, -0.15) is 0 Å². The van der Waals surface area contributed by atoms with E-state index < -0.39 is 6.04 Å². The summed E-state index contributed by atoms with van der Waals surface area (Å²) >= 11 is 0. The average molecular weight is 430 g/mol. The molecule has 0 heterocycles. The number of benzene rings is 3. The van der Waals surface area contributed by atoms with E-state index in [2.05, 4.69) is 10.6 Å². The van der Waals surface area contributed by atoms with E-state index in [1.165, 1.54) is 4.90 Å². The Morgan fingerprint density at radius 1 is 0.844 bits per heavy atom. The van der Waals surface area contributed by atoms with Crippen LogP contribution in [0.2, 0.25) is 0 Å². The summed E-state index contributed by atoms with van der Waals surface area (Å²) in [5.41, 5.74) is 4.02. The first-order valence-electron chi connectivity index (χ1n) is 11.0. The third-order valence-corrected chi connectivity index (χ3v) is 5.48. The Morgan fingerprint density at radius 3 is 1.94 bits per heavy atom. The van der Waals surface area contributed by atoms with Crippen molar-refractivity contribution in [1.29, 1.82) is 0 Å². The van der Waals surface area contributed by atoms with E-state index in [0.717, 1.165) is 28.8 Å². The lowest BCUT2D eigenvalue weighted by atomic mass is 9.98. The van der Waals surface area contributed by atoms with Crippen molar-refractivity contribution < 1.29 is 9.59 Å². The van der Waals surface area contributed by atoms with Gasteiger partial charge in [0.05, 0.1) is 18.6 Å². The number of anilines is 1. The zero-order valence-corrected chi connectivity index (χ0v) is 18.9. The van der Waals surface area contributed by atoms with Crippen LogP contribution in [-0.4, -0.2) is 36.3 Å². The highest BCUT2D eigenvalue weighted by Gasteiger charge is 2.24. The number of para-hydroxylation sites is 1. The Labute approximate surface area is 190 Å². The first-order chi connectivity index (χ1) is 15.5. The number of likely N-dealkylation sites (N-methyl/N-ethyl adjacent to an activating group) is 1. The van der Waals surface area contributed by atoms with E-state index in [1.807, 2.05) is 98.8 Å². The molecule has 0 aliphatic carbocycles. The molecular formula is C27H31N3O2. The molecule has 0 spiro atoms. The molecule has 5 nitrogen and oxygen atoms in total. The number of nitrogens with one attached hydrogen (secondary N) is 2. The van der Waals surface area contributed by atoms with Gasteiger partial charge in [0.25, 0.3) is 0 Å². The molecule has 1 atom stereocenters. The summed E-state index contributed by atoms with van der Waals surface area (Å²) in [6, 6.07) is 27.2. The van der Waals surface area contributed by atoms with Crippen LogP contribution in [0.15, 0.2) is 84.9 Å². The van der Waals surface area contributed by atoms with Crippen molar-refractivity contribution in [3.05, 3.63) is 102 Å². The molecule has 0 radical (unpaired) electrons. The number of nitrogens with zero attached hydrogens (tertiary/aromatic N) is 1. The first-order valence-corrected chi connectivity index (χ1v) is 11.0. The summed E-state index contributed by atoms with van der Waals surface area (Å²) in [5, 5.41) is 6.37. The first kappa shape index (κ1) is 23.2. The third kappa shape index (κ3) is 6.05. The highest BCUT2D eigenvalue weighted by atomic mass is 16.2. The van der Waals surface area contributed by atoms with Crippen molar-refractivity contribution in [3.63, 3.8) is 0 Å². The number of hydrogen-bond donors (Lipinski definition) is 2. The molecular weight excluding hydrogens is 398 g/mol. The Hall–Kier alpha value is -3.44. The number of aryl methyl sites for hydroxylation is 1. The maximum atomic E-state index is 13.0. The molecule has 2 N–H and O–H groups in total. The standard InChI is InChI=1S/C27H31N3O2/c1-4-21-13-11-12-18-24(21)29-25(31)19-30(3)27(32)20(2)28-26(22-14-7-5-8-15-22)23-16-9-6-10-17-23/h5-18,20,26,28H,4,19H2,1-3H3,(H,29,31). The topological polar surface area (TPSA) is 61.4 Å². The van der Waals surface area contributed by atoms with Crippen LogP contribution in [0, 0.1) is 0 Å². The zero-order chi connectivity index (χ0) is 22.9. The lowest BCUT2D eigenvalue weighted by Gasteiger charge is -2.27. The monoisotopic (exact) mass is 429 g/mol. The van der Waals surface area contributed by atoms with Crippen molar-refractivity contribution >= 4 is 17.5 Å². The predicted octanol–water partition coefficient (Wildman–Crippen LogP) is 4.41. The van der Waals surface area contributed by atoms with Crippen molar-refractivity contribution in [3.8, 4) is 0 Å². The molecule has 2 amide bonds. The van der Waals surface area contributed by atoms with Crippen LogP contribution < -0.4 is 10.6 Å². The maximum Gasteiger partial charge on any atom is 0.243 e. The fraction of sp³-hybridized carbons (Fsp3) is 0.259. The van der Waals surface area contributed by atoms with Crippen molar-refractivity contribution in [2.24, 2.45) is 0 Å². The molecule has 1 unspecified atom stereocenters. The van der Waals surface area contributed by atoms with E-state index in [1.54, 1.807) is 7.05 Å². The summed E-state index contributed by atoms with van der Waals surface area (Å²) in [4.78, 5) is 27.1. The Bertz CT molecular complexity index is 982. The van der Waals surface area contributed by atoms with Gasteiger partial charge in [-0.05, 0) is 36.1 Å². The summed E-state index contributed by atoms with van der Waals surface area (Å²) in [6.07, 6.45) is 0.826. The van der Waals surface area contributed by atoms with Crippen LogP contribution >= 0.6 is 0 Å². The zero-order valence-electron chi connectivity index (χ0n) is 18.9. The fourth-order valence-electron chi connectivity index (χ4n) is 3.76. The van der Waals surface area contributed by atoms with Crippen molar-refractivity contribution in [2.45, 2.75) is 32.4 Å². The van der Waals surface area contributed by atoms with E-state index >= 15 is 0 Å². The predicted molar refractivity (Wildman–Crippen MR) is 129 cm³/mol. The highest BCUT2D eigenvalue weighted by molar-refractivity contribution is 5.95. The summed E-state index contributed by atoms with van der Waals surface area (Å²) < 4.78 is 0. The molecule has 32 heavy (non-hydrogen) atoms. The summed E-state index contributed by atoms with van der Waals surface area (Å²) in [6.45, 7) is 3.87. The maximum absolute atomic E-state index is 13.0. The van der Waals surface area contributed by atoms with Gasteiger partial charge in [-0.3, -0.25) is 14.9 Å². The number of hydrogen-bond acceptors (Lipinski definition) is 3. The van der Waals surface area contributed by atoms with Gasteiger partial charge in [0.1, 0.15) is 0 Å². The molecule has 166 valence electrons. The van der Waals surface area contributed by atoms with Crippen LogP contribution in [0.5, 0.6) is 0 Å². The van der Waals surface area contributed by atoms with Crippen LogP contribution in [0.1, 0.15) is 36.6 Å². The van der Waals surface area contributed by atoms with Crippen molar-refractivity contribution in [1.82, 2.24) is 10.2 Å². The SMILES string of the molecule is CCc1ccccc1NC(=O)CN(C)C(=O)C(C)NC(c1ccccc1)c1ccccc1. The Morgan fingerprint density at radius 2 is 1.38 bits per heavy atom. The normalized spacial score (nSPS) is 11.8. The minimum absolute atomic E-state index is 0.00968. The van der Waals surface area contributed by atoms with Gasteiger partial charge < -0.3 is 10.2 Å². The Kier molecular flexibility index (Phi) is 8.17. The summed E-state index contributed by atoms with van der Waals surface area (Å²) in [5.74, 6) is -0.350. The minimum Gasteiger partial charge on any atom is -0.335 e. The Balaban J connectivity index is 1.66.